The average Bonchev–Trinajstić information content (AvgIpc) is 1.99. The van der Waals surface area contributed by atoms with E-state index in [1.165, 1.54) is 0 Å². The van der Waals surface area contributed by atoms with Gasteiger partial charge in [-0.25, -0.2) is 0 Å². The van der Waals surface area contributed by atoms with Crippen LogP contribution in [-0.2, 0) is 4.79 Å². The first-order valence-electron chi connectivity index (χ1n) is 3.32. The number of rotatable bonds is 0. The van der Waals surface area contributed by atoms with Gasteiger partial charge in [0.2, 0.25) is 5.91 Å². The normalized spacial score (nSPS) is 29.0. The molecule has 1 atom stereocenters. The largest absolute Gasteiger partial charge is 0.355 e. The molecule has 52 valence electrons. The van der Waals surface area contributed by atoms with Crippen LogP contribution in [0.4, 0.5) is 0 Å². The van der Waals surface area contributed by atoms with Crippen molar-refractivity contribution >= 4 is 5.91 Å². The van der Waals surface area contributed by atoms with E-state index >= 15 is 0 Å². The van der Waals surface area contributed by atoms with Gasteiger partial charge >= 0.3 is 0 Å². The van der Waals surface area contributed by atoms with Crippen molar-refractivity contribution in [3.8, 4) is 0 Å². The molecule has 0 saturated carbocycles. The van der Waals surface area contributed by atoms with Gasteiger partial charge in [0, 0.05) is 6.54 Å². The summed E-state index contributed by atoms with van der Waals surface area (Å²) in [7, 11) is 0. The van der Waals surface area contributed by atoms with Crippen molar-refractivity contribution < 1.29 is 4.79 Å². The van der Waals surface area contributed by atoms with Gasteiger partial charge in [-0.1, -0.05) is 0 Å². The fourth-order valence-corrected chi connectivity index (χ4v) is 0.864. The van der Waals surface area contributed by atoms with Crippen LogP contribution in [0.1, 0.15) is 13.3 Å². The van der Waals surface area contributed by atoms with Crippen LogP contribution in [0.25, 0.3) is 0 Å². The second kappa shape index (κ2) is 2.82. The predicted molar refractivity (Wildman–Crippen MR) is 35.1 cm³/mol. The predicted octanol–water partition coefficient (Wildman–Crippen LogP) is -0.516. The van der Waals surface area contributed by atoms with Crippen LogP contribution in [0.15, 0.2) is 0 Å². The Hall–Kier alpha value is -0.570. The molecule has 1 aliphatic heterocycles. The Morgan fingerprint density at radius 3 is 3.11 bits per heavy atom. The molecule has 2 N–H and O–H groups in total. The lowest BCUT2D eigenvalue weighted by Gasteiger charge is -2.05. The summed E-state index contributed by atoms with van der Waals surface area (Å²) in [5.41, 5.74) is 0. The fraction of sp³-hybridized carbons (Fsp3) is 0.833. The van der Waals surface area contributed by atoms with Gasteiger partial charge in [0.1, 0.15) is 0 Å². The molecule has 0 aromatic heterocycles. The van der Waals surface area contributed by atoms with Gasteiger partial charge in [0.05, 0.1) is 6.04 Å². The Labute approximate surface area is 54.8 Å². The highest BCUT2D eigenvalue weighted by atomic mass is 16.2. The molecule has 1 rings (SSSR count). The monoisotopic (exact) mass is 128 g/mol. The molecule has 0 spiro atoms. The number of hydrogen-bond acceptors (Lipinski definition) is 2. The van der Waals surface area contributed by atoms with Crippen LogP contribution in [0.2, 0.25) is 0 Å². The van der Waals surface area contributed by atoms with Crippen molar-refractivity contribution in [1.82, 2.24) is 10.6 Å². The van der Waals surface area contributed by atoms with Crippen molar-refractivity contribution in [3.63, 3.8) is 0 Å². The second-order valence-corrected chi connectivity index (χ2v) is 2.32. The van der Waals surface area contributed by atoms with Gasteiger partial charge in [-0.05, 0) is 19.9 Å². The van der Waals surface area contributed by atoms with Crippen LogP contribution in [0.5, 0.6) is 0 Å². The Morgan fingerprint density at radius 2 is 2.33 bits per heavy atom. The Balaban J connectivity index is 2.41. The fourth-order valence-electron chi connectivity index (χ4n) is 0.864. The number of nitrogens with one attached hydrogen (secondary N) is 2. The summed E-state index contributed by atoms with van der Waals surface area (Å²) in [6.45, 7) is 3.64. The SMILES string of the molecule is C[C@@H]1NCCCNC1=O. The summed E-state index contributed by atoms with van der Waals surface area (Å²) in [4.78, 5) is 10.8. The molecule has 0 aromatic carbocycles. The standard InChI is InChI=1S/C6H12N2O/c1-5-6(9)8-4-2-3-7-5/h5,7H,2-4H2,1H3,(H,8,9)/t5-/m0/s1. The molecule has 1 heterocycles. The molecule has 0 aliphatic carbocycles. The molecule has 3 nitrogen and oxygen atoms in total. The van der Waals surface area contributed by atoms with Crippen molar-refractivity contribution in [2.75, 3.05) is 13.1 Å². The van der Waals surface area contributed by atoms with E-state index < -0.39 is 0 Å². The van der Waals surface area contributed by atoms with E-state index in [0.29, 0.717) is 0 Å². The topological polar surface area (TPSA) is 41.1 Å². The minimum atomic E-state index is -0.00694. The first kappa shape index (κ1) is 6.55. The highest BCUT2D eigenvalue weighted by molar-refractivity contribution is 5.81. The van der Waals surface area contributed by atoms with Gasteiger partial charge in [-0.15, -0.1) is 0 Å². The summed E-state index contributed by atoms with van der Waals surface area (Å²) in [5.74, 6) is 0.118. The minimum absolute atomic E-state index is 0.00694. The maximum Gasteiger partial charge on any atom is 0.236 e. The van der Waals surface area contributed by atoms with Crippen molar-refractivity contribution in [2.45, 2.75) is 19.4 Å². The number of carbonyl (C=O) groups excluding carboxylic acids is 1. The van der Waals surface area contributed by atoms with E-state index in [0.717, 1.165) is 19.5 Å². The average molecular weight is 128 g/mol. The minimum Gasteiger partial charge on any atom is -0.355 e. The third-order valence-corrected chi connectivity index (χ3v) is 1.50. The van der Waals surface area contributed by atoms with Crippen molar-refractivity contribution in [1.29, 1.82) is 0 Å². The van der Waals surface area contributed by atoms with Crippen molar-refractivity contribution in [2.24, 2.45) is 0 Å². The first-order valence-corrected chi connectivity index (χ1v) is 3.32. The van der Waals surface area contributed by atoms with Gasteiger partial charge < -0.3 is 10.6 Å². The highest BCUT2D eigenvalue weighted by Gasteiger charge is 2.13. The lowest BCUT2D eigenvalue weighted by molar-refractivity contribution is -0.122. The quantitative estimate of drug-likeness (QED) is 0.461. The van der Waals surface area contributed by atoms with Gasteiger partial charge in [-0.2, -0.15) is 0 Å². The number of amides is 1. The third-order valence-electron chi connectivity index (χ3n) is 1.50. The Morgan fingerprint density at radius 1 is 1.56 bits per heavy atom. The molecule has 0 aromatic rings. The highest BCUT2D eigenvalue weighted by Crippen LogP contribution is 1.87. The van der Waals surface area contributed by atoms with E-state index in [2.05, 4.69) is 10.6 Å². The second-order valence-electron chi connectivity index (χ2n) is 2.32. The van der Waals surface area contributed by atoms with Crippen molar-refractivity contribution in [3.05, 3.63) is 0 Å². The molecule has 3 heteroatoms. The maximum absolute atomic E-state index is 10.8. The summed E-state index contributed by atoms with van der Waals surface area (Å²) < 4.78 is 0. The zero-order valence-corrected chi connectivity index (χ0v) is 5.61. The lowest BCUT2D eigenvalue weighted by atomic mass is 10.3. The van der Waals surface area contributed by atoms with Crippen LogP contribution >= 0.6 is 0 Å². The Kier molecular flexibility index (Phi) is 2.05. The number of carbonyl (C=O) groups is 1. The van der Waals surface area contributed by atoms with Crippen LogP contribution < -0.4 is 10.6 Å². The van der Waals surface area contributed by atoms with E-state index in [9.17, 15) is 4.79 Å². The molecule has 1 saturated heterocycles. The number of hydrogen-bond donors (Lipinski definition) is 2. The van der Waals surface area contributed by atoms with Crippen LogP contribution in [-0.4, -0.2) is 25.0 Å². The maximum atomic E-state index is 10.8. The van der Waals surface area contributed by atoms with Crippen LogP contribution in [0.3, 0.4) is 0 Å². The summed E-state index contributed by atoms with van der Waals surface area (Å²) >= 11 is 0. The molecular formula is C6H12N2O. The molecule has 1 aliphatic rings. The first-order chi connectivity index (χ1) is 4.30. The molecule has 9 heavy (non-hydrogen) atoms. The summed E-state index contributed by atoms with van der Waals surface area (Å²) in [5, 5.41) is 5.88. The third kappa shape index (κ3) is 1.68. The zero-order valence-electron chi connectivity index (χ0n) is 5.61. The molecule has 0 unspecified atom stereocenters. The molecule has 0 radical (unpaired) electrons. The lowest BCUT2D eigenvalue weighted by Crippen LogP contribution is -2.38. The van der Waals surface area contributed by atoms with Gasteiger partial charge in [-0.3, -0.25) is 4.79 Å². The molecule has 0 bridgehead atoms. The molecule has 1 amide bonds. The Bertz CT molecular complexity index is 114. The molecular weight excluding hydrogens is 116 g/mol. The van der Waals surface area contributed by atoms with E-state index in [1.54, 1.807) is 0 Å². The van der Waals surface area contributed by atoms with E-state index in [1.807, 2.05) is 6.92 Å². The molecule has 1 fully saturated rings. The van der Waals surface area contributed by atoms with Crippen LogP contribution in [0, 0.1) is 0 Å². The van der Waals surface area contributed by atoms with Gasteiger partial charge in [0.15, 0.2) is 0 Å². The summed E-state index contributed by atoms with van der Waals surface area (Å²) in [6.07, 6.45) is 1.04. The van der Waals surface area contributed by atoms with E-state index in [4.69, 9.17) is 0 Å². The van der Waals surface area contributed by atoms with Gasteiger partial charge in [0.25, 0.3) is 0 Å². The summed E-state index contributed by atoms with van der Waals surface area (Å²) in [6, 6.07) is -0.00694. The van der Waals surface area contributed by atoms with E-state index in [-0.39, 0.29) is 11.9 Å². The smallest absolute Gasteiger partial charge is 0.236 e. The zero-order chi connectivity index (χ0) is 6.69.